The molecule has 0 amide bonds. The number of carboxylic acids is 1. The Morgan fingerprint density at radius 1 is 1.13 bits per heavy atom. The number of carbonyl (C=O) groups is 1. The normalized spacial score (nSPS) is 11.0. The van der Waals surface area contributed by atoms with Crippen LogP contribution in [0.1, 0.15) is 0 Å². The van der Waals surface area contributed by atoms with Gasteiger partial charge in [0, 0.05) is 35.8 Å². The van der Waals surface area contributed by atoms with Crippen LogP contribution in [0.15, 0.2) is 55.5 Å². The zero-order valence-corrected chi connectivity index (χ0v) is 16.6. The predicted octanol–water partition coefficient (Wildman–Crippen LogP) is 4.46. The van der Waals surface area contributed by atoms with Crippen LogP contribution < -0.4 is 5.32 Å². The van der Waals surface area contributed by atoms with E-state index in [-0.39, 0.29) is 0 Å². The summed E-state index contributed by atoms with van der Waals surface area (Å²) in [4.78, 5) is 21.2. The first-order chi connectivity index (χ1) is 14.6. The Labute approximate surface area is 178 Å². The predicted molar refractivity (Wildman–Crippen MR) is 108 cm³/mol. The standard InChI is InChI=1S/C17H13ClN6.C2HF3O2/c1-24-9-13(6-22-24)11-2-3-12-5-21-17(16(18)15(12)4-11)23-14-7-19-10-20-8-14;3-2(4,5)1(6)7/h2-10H,1H3,(H,21,23);(H,6,7). The SMILES string of the molecule is Cn1cc(-c2ccc3cnc(Nc4cncnc4)c(Cl)c3c2)cn1.O=C(O)C(F)(F)F. The molecule has 0 fully saturated rings. The Bertz CT molecular complexity index is 1210. The molecule has 0 saturated carbocycles. The van der Waals surface area contributed by atoms with Gasteiger partial charge in [0.15, 0.2) is 0 Å². The summed E-state index contributed by atoms with van der Waals surface area (Å²) < 4.78 is 33.5. The number of aromatic nitrogens is 5. The van der Waals surface area contributed by atoms with Gasteiger partial charge in [-0.15, -0.1) is 0 Å². The summed E-state index contributed by atoms with van der Waals surface area (Å²) >= 11 is 6.57. The van der Waals surface area contributed by atoms with Crippen molar-refractivity contribution in [3.8, 4) is 11.1 Å². The smallest absolute Gasteiger partial charge is 0.475 e. The van der Waals surface area contributed by atoms with Gasteiger partial charge in [-0.3, -0.25) is 4.68 Å². The van der Waals surface area contributed by atoms with Crippen LogP contribution in [0.25, 0.3) is 21.9 Å². The highest BCUT2D eigenvalue weighted by molar-refractivity contribution is 6.38. The molecule has 31 heavy (non-hydrogen) atoms. The first kappa shape index (κ1) is 22.0. The lowest BCUT2D eigenvalue weighted by molar-refractivity contribution is -0.192. The minimum Gasteiger partial charge on any atom is -0.475 e. The summed E-state index contributed by atoms with van der Waals surface area (Å²) in [7, 11) is 1.89. The summed E-state index contributed by atoms with van der Waals surface area (Å²) in [5.74, 6) is -2.19. The molecule has 3 aromatic heterocycles. The van der Waals surface area contributed by atoms with Gasteiger partial charge in [0.2, 0.25) is 0 Å². The number of halogens is 4. The Kier molecular flexibility index (Phi) is 6.35. The van der Waals surface area contributed by atoms with Gasteiger partial charge in [-0.2, -0.15) is 18.3 Å². The number of pyridine rings is 1. The summed E-state index contributed by atoms with van der Waals surface area (Å²) in [6, 6.07) is 6.09. The lowest BCUT2D eigenvalue weighted by atomic mass is 10.0. The van der Waals surface area contributed by atoms with Crippen molar-refractivity contribution < 1.29 is 23.1 Å². The fourth-order valence-corrected chi connectivity index (χ4v) is 2.77. The third kappa shape index (κ3) is 5.45. The molecule has 12 heteroatoms. The fraction of sp³-hybridized carbons (Fsp3) is 0.105. The van der Waals surface area contributed by atoms with Gasteiger partial charge < -0.3 is 10.4 Å². The molecular formula is C19H14ClF3N6O2. The number of hydrogen-bond donors (Lipinski definition) is 2. The van der Waals surface area contributed by atoms with Crippen molar-refractivity contribution in [3.05, 3.63) is 60.5 Å². The molecule has 0 unspecified atom stereocenters. The number of fused-ring (bicyclic) bond motifs is 1. The van der Waals surface area contributed by atoms with Crippen LogP contribution in [0.3, 0.4) is 0 Å². The van der Waals surface area contributed by atoms with Gasteiger partial charge in [-0.25, -0.2) is 19.7 Å². The largest absolute Gasteiger partial charge is 0.490 e. The Balaban J connectivity index is 0.000000339. The molecule has 4 rings (SSSR count). The van der Waals surface area contributed by atoms with E-state index in [1.807, 2.05) is 37.6 Å². The van der Waals surface area contributed by atoms with Crippen LogP contribution in [0.5, 0.6) is 0 Å². The van der Waals surface area contributed by atoms with E-state index in [9.17, 15) is 13.2 Å². The second-order valence-corrected chi connectivity index (χ2v) is 6.56. The number of hydrogen-bond acceptors (Lipinski definition) is 6. The number of carboxylic acid groups (broad SMARTS) is 1. The summed E-state index contributed by atoms with van der Waals surface area (Å²) in [6.45, 7) is 0. The Hall–Kier alpha value is -3.73. The molecule has 0 bridgehead atoms. The molecule has 160 valence electrons. The van der Waals surface area contributed by atoms with Crippen LogP contribution in [0.4, 0.5) is 24.7 Å². The highest BCUT2D eigenvalue weighted by atomic mass is 35.5. The summed E-state index contributed by atoms with van der Waals surface area (Å²) in [5, 5.41) is 16.9. The maximum atomic E-state index is 10.6. The lowest BCUT2D eigenvalue weighted by Gasteiger charge is -2.10. The van der Waals surface area contributed by atoms with Crippen molar-refractivity contribution in [2.24, 2.45) is 7.05 Å². The molecular weight excluding hydrogens is 437 g/mol. The summed E-state index contributed by atoms with van der Waals surface area (Å²) in [5.41, 5.74) is 2.82. The van der Waals surface area contributed by atoms with Crippen molar-refractivity contribution >= 4 is 39.8 Å². The molecule has 4 aromatic rings. The minimum absolute atomic E-state index is 0.557. The monoisotopic (exact) mass is 450 g/mol. The number of aryl methyl sites for hydroxylation is 1. The maximum absolute atomic E-state index is 10.6. The molecule has 2 N–H and O–H groups in total. The molecule has 0 saturated heterocycles. The number of benzene rings is 1. The average molecular weight is 451 g/mol. The van der Waals surface area contributed by atoms with Gasteiger partial charge in [-0.05, 0) is 11.6 Å². The third-order valence-electron chi connectivity index (χ3n) is 3.93. The Morgan fingerprint density at radius 2 is 1.81 bits per heavy atom. The van der Waals surface area contributed by atoms with E-state index in [0.29, 0.717) is 10.8 Å². The molecule has 3 heterocycles. The van der Waals surface area contributed by atoms with E-state index in [1.165, 1.54) is 6.33 Å². The second kappa shape index (κ2) is 8.96. The van der Waals surface area contributed by atoms with E-state index in [1.54, 1.807) is 23.3 Å². The molecule has 0 atom stereocenters. The molecule has 0 radical (unpaired) electrons. The van der Waals surface area contributed by atoms with Crippen molar-refractivity contribution in [3.63, 3.8) is 0 Å². The van der Waals surface area contributed by atoms with Crippen LogP contribution in [-0.4, -0.2) is 42.0 Å². The van der Waals surface area contributed by atoms with Gasteiger partial charge in [-0.1, -0.05) is 23.7 Å². The Morgan fingerprint density at radius 3 is 2.39 bits per heavy atom. The maximum Gasteiger partial charge on any atom is 0.490 e. The third-order valence-corrected chi connectivity index (χ3v) is 4.32. The van der Waals surface area contributed by atoms with Gasteiger partial charge >= 0.3 is 12.1 Å². The molecule has 1 aromatic carbocycles. The van der Waals surface area contributed by atoms with Crippen molar-refractivity contribution in [1.29, 1.82) is 0 Å². The highest BCUT2D eigenvalue weighted by Gasteiger charge is 2.38. The van der Waals surface area contributed by atoms with E-state index >= 15 is 0 Å². The quantitative estimate of drug-likeness (QED) is 0.474. The molecule has 8 nitrogen and oxygen atoms in total. The van der Waals surface area contributed by atoms with Crippen LogP contribution in [0, 0.1) is 0 Å². The number of anilines is 2. The number of nitrogens with zero attached hydrogens (tertiary/aromatic N) is 5. The van der Waals surface area contributed by atoms with Gasteiger partial charge in [0.25, 0.3) is 0 Å². The molecule has 0 aliphatic heterocycles. The highest BCUT2D eigenvalue weighted by Crippen LogP contribution is 2.33. The topological polar surface area (TPSA) is 106 Å². The molecule has 0 aliphatic carbocycles. The number of nitrogens with one attached hydrogen (secondary N) is 1. The van der Waals surface area contributed by atoms with Crippen molar-refractivity contribution in [2.45, 2.75) is 6.18 Å². The number of rotatable bonds is 3. The van der Waals surface area contributed by atoms with Crippen LogP contribution in [-0.2, 0) is 11.8 Å². The van der Waals surface area contributed by atoms with Gasteiger partial charge in [0.1, 0.15) is 12.1 Å². The van der Waals surface area contributed by atoms with Crippen molar-refractivity contribution in [2.75, 3.05) is 5.32 Å². The summed E-state index contributed by atoms with van der Waals surface area (Å²) in [6.07, 6.45) is 5.32. The van der Waals surface area contributed by atoms with E-state index in [4.69, 9.17) is 21.5 Å². The first-order valence-electron chi connectivity index (χ1n) is 8.54. The minimum atomic E-state index is -5.08. The van der Waals surface area contributed by atoms with E-state index in [0.717, 1.165) is 27.6 Å². The van der Waals surface area contributed by atoms with Crippen LogP contribution >= 0.6 is 11.6 Å². The van der Waals surface area contributed by atoms with Crippen molar-refractivity contribution in [1.82, 2.24) is 24.7 Å². The molecule has 0 spiro atoms. The zero-order valence-electron chi connectivity index (χ0n) is 15.8. The zero-order chi connectivity index (χ0) is 22.6. The van der Waals surface area contributed by atoms with E-state index in [2.05, 4.69) is 25.4 Å². The molecule has 0 aliphatic rings. The fourth-order valence-electron chi connectivity index (χ4n) is 2.51. The number of alkyl halides is 3. The van der Waals surface area contributed by atoms with E-state index < -0.39 is 12.1 Å². The first-order valence-corrected chi connectivity index (χ1v) is 8.92. The number of aliphatic carboxylic acids is 1. The average Bonchev–Trinajstić information content (AvgIpc) is 3.17. The van der Waals surface area contributed by atoms with Crippen LogP contribution in [0.2, 0.25) is 5.02 Å². The second-order valence-electron chi connectivity index (χ2n) is 6.18. The van der Waals surface area contributed by atoms with Gasteiger partial charge in [0.05, 0.1) is 29.3 Å². The lowest BCUT2D eigenvalue weighted by Crippen LogP contribution is -2.21.